The Morgan fingerprint density at radius 2 is 2.20 bits per heavy atom. The summed E-state index contributed by atoms with van der Waals surface area (Å²) in [5.74, 6) is -0.200. The lowest BCUT2D eigenvalue weighted by atomic mass is 10.0. The molecule has 1 fully saturated rings. The first-order valence-electron chi connectivity index (χ1n) is 7.42. The van der Waals surface area contributed by atoms with E-state index in [0.29, 0.717) is 23.2 Å². The molecule has 2 rings (SSSR count). The lowest BCUT2D eigenvalue weighted by Crippen LogP contribution is -2.36. The molecule has 2 nitrogen and oxygen atoms in total. The van der Waals surface area contributed by atoms with Crippen LogP contribution in [-0.2, 0) is 6.54 Å². The molecule has 0 bridgehead atoms. The maximum atomic E-state index is 13.9. The largest absolute Gasteiger partial charge is 0.393 e. The Morgan fingerprint density at radius 1 is 1.40 bits per heavy atom. The Kier molecular flexibility index (Phi) is 5.82. The molecule has 2 unspecified atom stereocenters. The van der Waals surface area contributed by atoms with Gasteiger partial charge < -0.3 is 5.11 Å². The SMILES string of the molecule is CC(O)CC1CCCCCN1Cc1cc(Cl)ccc1F. The highest BCUT2D eigenvalue weighted by Crippen LogP contribution is 2.24. The third kappa shape index (κ3) is 4.44. The Morgan fingerprint density at radius 3 is 2.95 bits per heavy atom. The van der Waals surface area contributed by atoms with Crippen molar-refractivity contribution < 1.29 is 9.50 Å². The predicted molar refractivity (Wildman–Crippen MR) is 80.4 cm³/mol. The molecule has 20 heavy (non-hydrogen) atoms. The number of benzene rings is 1. The van der Waals surface area contributed by atoms with Crippen molar-refractivity contribution in [2.24, 2.45) is 0 Å². The van der Waals surface area contributed by atoms with E-state index in [2.05, 4.69) is 4.90 Å². The molecule has 0 aliphatic carbocycles. The molecule has 0 amide bonds. The van der Waals surface area contributed by atoms with E-state index in [-0.39, 0.29) is 11.9 Å². The molecule has 4 heteroatoms. The summed E-state index contributed by atoms with van der Waals surface area (Å²) in [6, 6.07) is 5.05. The van der Waals surface area contributed by atoms with Crippen molar-refractivity contribution in [2.45, 2.75) is 57.7 Å². The molecule has 1 aliphatic rings. The zero-order valence-corrected chi connectivity index (χ0v) is 12.7. The summed E-state index contributed by atoms with van der Waals surface area (Å²) in [5, 5.41) is 10.2. The second kappa shape index (κ2) is 7.39. The van der Waals surface area contributed by atoms with Gasteiger partial charge in [-0.05, 0) is 50.9 Å². The van der Waals surface area contributed by atoms with Crippen LogP contribution >= 0.6 is 11.6 Å². The van der Waals surface area contributed by atoms with Gasteiger partial charge in [-0.1, -0.05) is 24.4 Å². The molecule has 1 aromatic rings. The van der Waals surface area contributed by atoms with Crippen molar-refractivity contribution in [3.8, 4) is 0 Å². The highest BCUT2D eigenvalue weighted by atomic mass is 35.5. The van der Waals surface area contributed by atoms with Crippen LogP contribution in [0, 0.1) is 5.82 Å². The fourth-order valence-corrected chi connectivity index (χ4v) is 3.18. The van der Waals surface area contributed by atoms with Gasteiger partial charge in [-0.3, -0.25) is 4.90 Å². The maximum Gasteiger partial charge on any atom is 0.127 e. The van der Waals surface area contributed by atoms with Gasteiger partial charge in [0.1, 0.15) is 5.82 Å². The van der Waals surface area contributed by atoms with E-state index < -0.39 is 0 Å². The van der Waals surface area contributed by atoms with Gasteiger partial charge in [0.25, 0.3) is 0 Å². The van der Waals surface area contributed by atoms with Gasteiger partial charge in [-0.15, -0.1) is 0 Å². The molecule has 1 heterocycles. The quantitative estimate of drug-likeness (QED) is 0.908. The van der Waals surface area contributed by atoms with Crippen LogP contribution in [0.1, 0.15) is 44.6 Å². The van der Waals surface area contributed by atoms with E-state index in [1.807, 2.05) is 6.92 Å². The van der Waals surface area contributed by atoms with Crippen LogP contribution in [0.15, 0.2) is 18.2 Å². The second-order valence-electron chi connectivity index (χ2n) is 5.79. The molecular formula is C16H23ClFNO. The van der Waals surface area contributed by atoms with E-state index >= 15 is 0 Å². The lowest BCUT2D eigenvalue weighted by Gasteiger charge is -2.31. The topological polar surface area (TPSA) is 23.5 Å². The van der Waals surface area contributed by atoms with Crippen molar-refractivity contribution >= 4 is 11.6 Å². The maximum absolute atomic E-state index is 13.9. The van der Waals surface area contributed by atoms with E-state index in [9.17, 15) is 9.50 Å². The third-order valence-corrected chi connectivity index (χ3v) is 4.23. The Balaban J connectivity index is 2.12. The van der Waals surface area contributed by atoms with Gasteiger partial charge in [0.15, 0.2) is 0 Å². The van der Waals surface area contributed by atoms with Crippen LogP contribution in [0.2, 0.25) is 5.02 Å². The van der Waals surface area contributed by atoms with Crippen LogP contribution in [0.5, 0.6) is 0 Å². The van der Waals surface area contributed by atoms with Gasteiger partial charge in [0.05, 0.1) is 6.10 Å². The van der Waals surface area contributed by atoms with E-state index in [0.717, 1.165) is 25.8 Å². The standard InChI is InChI=1S/C16H23ClFNO/c1-12(20)9-15-5-3-2-4-8-19(15)11-13-10-14(17)6-7-16(13)18/h6-7,10,12,15,20H,2-5,8-9,11H2,1H3. The summed E-state index contributed by atoms with van der Waals surface area (Å²) in [4.78, 5) is 2.30. The molecule has 112 valence electrons. The van der Waals surface area contributed by atoms with E-state index in [4.69, 9.17) is 11.6 Å². The number of aliphatic hydroxyl groups is 1. The molecule has 2 atom stereocenters. The smallest absolute Gasteiger partial charge is 0.127 e. The zero-order valence-electron chi connectivity index (χ0n) is 12.0. The monoisotopic (exact) mass is 299 g/mol. The Hall–Kier alpha value is -0.640. The first kappa shape index (κ1) is 15.7. The van der Waals surface area contributed by atoms with Crippen LogP contribution in [-0.4, -0.2) is 28.7 Å². The van der Waals surface area contributed by atoms with E-state index in [1.165, 1.54) is 18.9 Å². The average molecular weight is 300 g/mol. The van der Waals surface area contributed by atoms with Crippen LogP contribution in [0.3, 0.4) is 0 Å². The summed E-state index contributed by atoms with van der Waals surface area (Å²) in [6.45, 7) is 3.36. The molecule has 0 saturated carbocycles. The molecule has 1 saturated heterocycles. The third-order valence-electron chi connectivity index (χ3n) is 3.99. The average Bonchev–Trinajstić information content (AvgIpc) is 2.59. The second-order valence-corrected chi connectivity index (χ2v) is 6.23. The van der Waals surface area contributed by atoms with E-state index in [1.54, 1.807) is 12.1 Å². The normalized spacial score (nSPS) is 22.5. The van der Waals surface area contributed by atoms with Gasteiger partial charge in [-0.2, -0.15) is 0 Å². The summed E-state index contributed by atoms with van der Waals surface area (Å²) in [7, 11) is 0. The van der Waals surface area contributed by atoms with Crippen molar-refractivity contribution in [2.75, 3.05) is 6.54 Å². The van der Waals surface area contributed by atoms with Gasteiger partial charge >= 0.3 is 0 Å². The number of nitrogens with zero attached hydrogens (tertiary/aromatic N) is 1. The number of halogens is 2. The minimum Gasteiger partial charge on any atom is -0.393 e. The number of aliphatic hydroxyl groups excluding tert-OH is 1. The first-order valence-corrected chi connectivity index (χ1v) is 7.80. The van der Waals surface area contributed by atoms with Crippen LogP contribution < -0.4 is 0 Å². The minimum atomic E-state index is -0.315. The molecule has 0 spiro atoms. The number of hydrogen-bond donors (Lipinski definition) is 1. The molecule has 1 aliphatic heterocycles. The summed E-state index contributed by atoms with van der Waals surface area (Å²) >= 11 is 5.96. The molecular weight excluding hydrogens is 277 g/mol. The molecule has 1 N–H and O–H groups in total. The molecule has 0 radical (unpaired) electrons. The zero-order chi connectivity index (χ0) is 14.5. The Labute approximate surface area is 125 Å². The predicted octanol–water partition coefficient (Wildman–Crippen LogP) is 3.99. The molecule has 0 aromatic heterocycles. The molecule has 1 aromatic carbocycles. The summed E-state index contributed by atoms with van der Waals surface area (Å²) in [5.41, 5.74) is 0.648. The Bertz CT molecular complexity index is 438. The lowest BCUT2D eigenvalue weighted by molar-refractivity contribution is 0.107. The van der Waals surface area contributed by atoms with Gasteiger partial charge in [0, 0.05) is 23.2 Å². The van der Waals surface area contributed by atoms with Crippen molar-refractivity contribution in [3.05, 3.63) is 34.6 Å². The minimum absolute atomic E-state index is 0.200. The fraction of sp³-hybridized carbons (Fsp3) is 0.625. The number of rotatable bonds is 4. The summed E-state index contributed by atoms with van der Waals surface area (Å²) < 4.78 is 13.9. The van der Waals surface area contributed by atoms with Gasteiger partial charge in [-0.25, -0.2) is 4.39 Å². The number of hydrogen-bond acceptors (Lipinski definition) is 2. The van der Waals surface area contributed by atoms with Crippen LogP contribution in [0.4, 0.5) is 4.39 Å². The van der Waals surface area contributed by atoms with Crippen LogP contribution in [0.25, 0.3) is 0 Å². The van der Waals surface area contributed by atoms with Crippen molar-refractivity contribution in [1.29, 1.82) is 0 Å². The summed E-state index contributed by atoms with van der Waals surface area (Å²) in [6.07, 6.45) is 5.05. The fourth-order valence-electron chi connectivity index (χ4n) is 2.99. The van der Waals surface area contributed by atoms with Crippen molar-refractivity contribution in [3.63, 3.8) is 0 Å². The van der Waals surface area contributed by atoms with Crippen molar-refractivity contribution in [1.82, 2.24) is 4.90 Å². The highest BCUT2D eigenvalue weighted by Gasteiger charge is 2.23. The van der Waals surface area contributed by atoms with Gasteiger partial charge in [0.2, 0.25) is 0 Å². The first-order chi connectivity index (χ1) is 9.56. The highest BCUT2D eigenvalue weighted by molar-refractivity contribution is 6.30. The number of likely N-dealkylation sites (tertiary alicyclic amines) is 1.